The number of halogens is 3. The Balaban J connectivity index is 1.31. The van der Waals surface area contributed by atoms with Crippen LogP contribution in [0.1, 0.15) is 46.3 Å². The molecule has 0 fully saturated rings. The van der Waals surface area contributed by atoms with Crippen molar-refractivity contribution >= 4 is 11.6 Å². The quantitative estimate of drug-likeness (QED) is 0.302. The minimum atomic E-state index is -4.41. The first-order chi connectivity index (χ1) is 16.8. The van der Waals surface area contributed by atoms with Crippen LogP contribution in [0.15, 0.2) is 77.5 Å². The fraction of sp³-hybridized carbons (Fsp3) is 0.231. The van der Waals surface area contributed by atoms with Crippen LogP contribution in [0.5, 0.6) is 5.75 Å². The SMILES string of the molecule is CCCc1ccc(OCc2ccc(C(=O)Nc3cnn(Cc4cccc(C(F)(F)F)c4)c3)o2)cc1. The molecule has 4 aromatic rings. The molecule has 0 saturated heterocycles. The number of rotatable bonds is 9. The second kappa shape index (κ2) is 10.5. The zero-order chi connectivity index (χ0) is 24.8. The van der Waals surface area contributed by atoms with Gasteiger partial charge in [0.1, 0.15) is 18.1 Å². The Bertz CT molecular complexity index is 1280. The summed E-state index contributed by atoms with van der Waals surface area (Å²) >= 11 is 0. The number of nitrogens with zero attached hydrogens (tertiary/aromatic N) is 2. The number of aryl methyl sites for hydroxylation is 1. The molecule has 1 amide bonds. The van der Waals surface area contributed by atoms with E-state index in [1.54, 1.807) is 18.2 Å². The average Bonchev–Trinajstić information content (AvgIpc) is 3.48. The summed E-state index contributed by atoms with van der Waals surface area (Å²) in [5.41, 5.74) is 1.36. The summed E-state index contributed by atoms with van der Waals surface area (Å²) in [6.07, 6.45) is 0.634. The highest BCUT2D eigenvalue weighted by atomic mass is 19.4. The average molecular weight is 483 g/mol. The molecule has 0 radical (unpaired) electrons. The molecule has 4 rings (SSSR count). The summed E-state index contributed by atoms with van der Waals surface area (Å²) in [5, 5.41) is 6.77. The van der Waals surface area contributed by atoms with Crippen molar-refractivity contribution in [3.05, 3.63) is 101 Å². The van der Waals surface area contributed by atoms with Crippen molar-refractivity contribution in [1.29, 1.82) is 0 Å². The molecule has 2 aromatic heterocycles. The maximum absolute atomic E-state index is 12.9. The molecule has 0 saturated carbocycles. The van der Waals surface area contributed by atoms with Crippen LogP contribution in [0.3, 0.4) is 0 Å². The largest absolute Gasteiger partial charge is 0.486 e. The van der Waals surface area contributed by atoms with Crippen molar-refractivity contribution in [2.75, 3.05) is 5.32 Å². The van der Waals surface area contributed by atoms with E-state index >= 15 is 0 Å². The van der Waals surface area contributed by atoms with Gasteiger partial charge in [-0.15, -0.1) is 0 Å². The van der Waals surface area contributed by atoms with Crippen LogP contribution in [0.25, 0.3) is 0 Å². The number of carbonyl (C=O) groups excluding carboxylic acids is 1. The molecule has 0 aliphatic rings. The van der Waals surface area contributed by atoms with Crippen LogP contribution in [0.2, 0.25) is 0 Å². The second-order valence-corrected chi connectivity index (χ2v) is 8.03. The van der Waals surface area contributed by atoms with Gasteiger partial charge in [0.15, 0.2) is 5.76 Å². The molecule has 0 aliphatic heterocycles. The molecule has 1 N–H and O–H groups in total. The number of nitrogens with one attached hydrogen (secondary N) is 1. The lowest BCUT2D eigenvalue weighted by Gasteiger charge is -2.08. The number of alkyl halides is 3. The molecular weight excluding hydrogens is 459 g/mol. The molecule has 0 bridgehead atoms. The first kappa shape index (κ1) is 24.1. The molecule has 182 valence electrons. The van der Waals surface area contributed by atoms with E-state index in [0.717, 1.165) is 25.0 Å². The van der Waals surface area contributed by atoms with E-state index in [1.165, 1.54) is 28.7 Å². The number of anilines is 1. The minimum Gasteiger partial charge on any atom is -0.486 e. The zero-order valence-corrected chi connectivity index (χ0v) is 19.0. The van der Waals surface area contributed by atoms with E-state index in [0.29, 0.717) is 22.8 Å². The molecule has 2 aromatic carbocycles. The van der Waals surface area contributed by atoms with E-state index in [9.17, 15) is 18.0 Å². The lowest BCUT2D eigenvalue weighted by atomic mass is 10.1. The third kappa shape index (κ3) is 6.53. The van der Waals surface area contributed by atoms with Crippen molar-refractivity contribution in [1.82, 2.24) is 9.78 Å². The molecule has 9 heteroatoms. The van der Waals surface area contributed by atoms with Crippen molar-refractivity contribution in [3.63, 3.8) is 0 Å². The third-order valence-corrected chi connectivity index (χ3v) is 5.22. The van der Waals surface area contributed by atoms with Crippen molar-refractivity contribution < 1.29 is 27.1 Å². The Kier molecular flexibility index (Phi) is 7.24. The van der Waals surface area contributed by atoms with E-state index in [1.807, 2.05) is 24.3 Å². The van der Waals surface area contributed by atoms with Gasteiger partial charge in [-0.1, -0.05) is 37.6 Å². The maximum atomic E-state index is 12.9. The van der Waals surface area contributed by atoms with Crippen LogP contribution in [-0.2, 0) is 25.7 Å². The number of hydrogen-bond acceptors (Lipinski definition) is 4. The number of carbonyl (C=O) groups is 1. The molecule has 6 nitrogen and oxygen atoms in total. The number of furan rings is 1. The van der Waals surface area contributed by atoms with Crippen LogP contribution >= 0.6 is 0 Å². The van der Waals surface area contributed by atoms with Crippen LogP contribution in [-0.4, -0.2) is 15.7 Å². The summed E-state index contributed by atoms with van der Waals surface area (Å²) in [7, 11) is 0. The molecule has 2 heterocycles. The Labute approximate surface area is 200 Å². The van der Waals surface area contributed by atoms with Crippen LogP contribution in [0, 0.1) is 0 Å². The van der Waals surface area contributed by atoms with E-state index in [2.05, 4.69) is 17.3 Å². The Morgan fingerprint density at radius 3 is 2.63 bits per heavy atom. The lowest BCUT2D eigenvalue weighted by Crippen LogP contribution is -2.10. The Morgan fingerprint density at radius 2 is 1.89 bits per heavy atom. The third-order valence-electron chi connectivity index (χ3n) is 5.22. The predicted molar refractivity (Wildman–Crippen MR) is 124 cm³/mol. The molecule has 0 spiro atoms. The van der Waals surface area contributed by atoms with Crippen LogP contribution in [0.4, 0.5) is 18.9 Å². The van der Waals surface area contributed by atoms with Gasteiger partial charge in [-0.05, 0) is 53.9 Å². The molecule has 0 unspecified atom stereocenters. The zero-order valence-electron chi connectivity index (χ0n) is 19.0. The van der Waals surface area contributed by atoms with Gasteiger partial charge in [-0.2, -0.15) is 18.3 Å². The fourth-order valence-corrected chi connectivity index (χ4v) is 3.51. The van der Waals surface area contributed by atoms with Gasteiger partial charge in [0.25, 0.3) is 5.91 Å². The Hall–Kier alpha value is -4.01. The number of aromatic nitrogens is 2. The van der Waals surface area contributed by atoms with E-state index < -0.39 is 17.6 Å². The van der Waals surface area contributed by atoms with Gasteiger partial charge in [-0.25, -0.2) is 0 Å². The highest BCUT2D eigenvalue weighted by Gasteiger charge is 2.30. The van der Waals surface area contributed by atoms with Gasteiger partial charge < -0.3 is 14.5 Å². The summed E-state index contributed by atoms with van der Waals surface area (Å²) in [6.45, 7) is 2.43. The molecule has 0 atom stereocenters. The monoisotopic (exact) mass is 483 g/mol. The van der Waals surface area contributed by atoms with Crippen molar-refractivity contribution in [2.24, 2.45) is 0 Å². The van der Waals surface area contributed by atoms with Crippen LogP contribution < -0.4 is 10.1 Å². The van der Waals surface area contributed by atoms with Gasteiger partial charge in [0, 0.05) is 6.20 Å². The highest BCUT2D eigenvalue weighted by molar-refractivity contribution is 6.02. The topological polar surface area (TPSA) is 69.3 Å². The van der Waals surface area contributed by atoms with Gasteiger partial charge in [0.05, 0.1) is 24.0 Å². The molecule has 0 aliphatic carbocycles. The smallest absolute Gasteiger partial charge is 0.416 e. The first-order valence-corrected chi connectivity index (χ1v) is 11.1. The minimum absolute atomic E-state index is 0.104. The molecular formula is C26H24F3N3O3. The fourth-order valence-electron chi connectivity index (χ4n) is 3.51. The maximum Gasteiger partial charge on any atom is 0.416 e. The second-order valence-electron chi connectivity index (χ2n) is 8.03. The van der Waals surface area contributed by atoms with Gasteiger partial charge >= 0.3 is 6.18 Å². The first-order valence-electron chi connectivity index (χ1n) is 11.1. The van der Waals surface area contributed by atoms with Gasteiger partial charge in [0.2, 0.25) is 0 Å². The Morgan fingerprint density at radius 1 is 1.09 bits per heavy atom. The normalized spacial score (nSPS) is 11.4. The highest BCUT2D eigenvalue weighted by Crippen LogP contribution is 2.29. The molecule has 35 heavy (non-hydrogen) atoms. The summed E-state index contributed by atoms with van der Waals surface area (Å²) in [5.74, 6) is 0.833. The van der Waals surface area contributed by atoms with Gasteiger partial charge in [-0.3, -0.25) is 9.48 Å². The summed E-state index contributed by atoms with van der Waals surface area (Å²) in [6, 6.07) is 16.1. The number of hydrogen-bond donors (Lipinski definition) is 1. The number of amides is 1. The standard InChI is InChI=1S/C26H24F3N3O3/c1-2-4-18-7-9-22(10-8-18)34-17-23-11-12-24(35-23)25(33)31-21-14-30-32(16-21)15-19-5-3-6-20(13-19)26(27,28)29/h3,5-14,16H,2,4,15,17H2,1H3,(H,31,33). The van der Waals surface area contributed by atoms with Crippen molar-refractivity contribution in [2.45, 2.75) is 39.1 Å². The summed E-state index contributed by atoms with van der Waals surface area (Å²) < 4.78 is 51.5. The lowest BCUT2D eigenvalue weighted by molar-refractivity contribution is -0.137. The number of ether oxygens (including phenoxy) is 1. The number of benzene rings is 2. The van der Waals surface area contributed by atoms with Crippen molar-refractivity contribution in [3.8, 4) is 5.75 Å². The van der Waals surface area contributed by atoms with E-state index in [-0.39, 0.29) is 18.9 Å². The summed E-state index contributed by atoms with van der Waals surface area (Å²) in [4.78, 5) is 12.5. The van der Waals surface area contributed by atoms with E-state index in [4.69, 9.17) is 9.15 Å². The predicted octanol–water partition coefficient (Wildman–Crippen LogP) is 6.33.